The van der Waals surface area contributed by atoms with Gasteiger partial charge in [-0.25, -0.2) is 0 Å². The number of thiocarbonyl (C=S) groups is 1. The van der Waals surface area contributed by atoms with Crippen LogP contribution < -0.4 is 16.4 Å². The highest BCUT2D eigenvalue weighted by atomic mass is 79.9. The Labute approximate surface area is 114 Å². The van der Waals surface area contributed by atoms with Crippen molar-refractivity contribution in [2.75, 3.05) is 18.0 Å². The second-order valence-corrected chi connectivity index (χ2v) is 4.86. The third kappa shape index (κ3) is 3.67. The Hall–Kier alpha value is -1.14. The number of anilines is 1. The molecule has 0 fully saturated rings. The number of nitrogens with two attached hydrogens (primary N) is 2. The number of halogens is 1. The molecule has 0 unspecified atom stereocenters. The van der Waals surface area contributed by atoms with Crippen LogP contribution in [-0.2, 0) is 4.79 Å². The summed E-state index contributed by atoms with van der Waals surface area (Å²) in [6.07, 6.45) is 0. The molecular formula is C11H14BrN3OS. The van der Waals surface area contributed by atoms with Gasteiger partial charge in [-0.2, -0.15) is 0 Å². The van der Waals surface area contributed by atoms with Crippen molar-refractivity contribution in [1.82, 2.24) is 0 Å². The van der Waals surface area contributed by atoms with Gasteiger partial charge < -0.3 is 16.4 Å². The van der Waals surface area contributed by atoms with Gasteiger partial charge in [-0.1, -0.05) is 28.1 Å². The molecule has 0 spiro atoms. The maximum atomic E-state index is 11.0. The van der Waals surface area contributed by atoms with Crippen LogP contribution >= 0.6 is 28.1 Å². The highest BCUT2D eigenvalue weighted by Crippen LogP contribution is 2.25. The molecule has 0 saturated carbocycles. The van der Waals surface area contributed by atoms with Crippen molar-refractivity contribution >= 4 is 44.7 Å². The van der Waals surface area contributed by atoms with Gasteiger partial charge in [0.2, 0.25) is 5.91 Å². The standard InChI is InChI=1S/C11H14BrN3OS/c1-2-15(6-10(13)16)9-5-7(12)3-4-8(9)11(14)17/h3-5H,2,6H2,1H3,(H2,13,16)(H2,14,17). The van der Waals surface area contributed by atoms with Crippen LogP contribution in [0.25, 0.3) is 0 Å². The number of primary amides is 1. The first-order valence-electron chi connectivity index (χ1n) is 5.08. The molecule has 1 rings (SSSR count). The highest BCUT2D eigenvalue weighted by Gasteiger charge is 2.13. The molecule has 0 aromatic heterocycles. The lowest BCUT2D eigenvalue weighted by Crippen LogP contribution is -2.34. The summed E-state index contributed by atoms with van der Waals surface area (Å²) in [5.41, 5.74) is 12.4. The molecule has 6 heteroatoms. The molecule has 92 valence electrons. The lowest BCUT2D eigenvalue weighted by Gasteiger charge is -2.24. The lowest BCUT2D eigenvalue weighted by atomic mass is 10.1. The smallest absolute Gasteiger partial charge is 0.236 e. The van der Waals surface area contributed by atoms with Crippen molar-refractivity contribution in [3.8, 4) is 0 Å². The third-order valence-electron chi connectivity index (χ3n) is 2.29. The summed E-state index contributed by atoms with van der Waals surface area (Å²) in [5.74, 6) is -0.388. The molecule has 0 bridgehead atoms. The van der Waals surface area contributed by atoms with Gasteiger partial charge in [0.1, 0.15) is 4.99 Å². The van der Waals surface area contributed by atoms with Gasteiger partial charge in [0.15, 0.2) is 0 Å². The Bertz CT molecular complexity index is 450. The Morgan fingerprint density at radius 1 is 1.47 bits per heavy atom. The first-order chi connectivity index (χ1) is 7.95. The third-order valence-corrected chi connectivity index (χ3v) is 3.01. The van der Waals surface area contributed by atoms with Crippen molar-refractivity contribution in [3.05, 3.63) is 28.2 Å². The number of nitrogens with zero attached hydrogens (tertiary/aromatic N) is 1. The average molecular weight is 316 g/mol. The van der Waals surface area contributed by atoms with E-state index >= 15 is 0 Å². The molecule has 0 saturated heterocycles. The topological polar surface area (TPSA) is 72.3 Å². The van der Waals surface area contributed by atoms with Crippen molar-refractivity contribution in [2.45, 2.75) is 6.92 Å². The maximum Gasteiger partial charge on any atom is 0.236 e. The number of rotatable bonds is 5. The molecule has 4 nitrogen and oxygen atoms in total. The van der Waals surface area contributed by atoms with Crippen LogP contribution in [-0.4, -0.2) is 24.0 Å². The van der Waals surface area contributed by atoms with Gasteiger partial charge >= 0.3 is 0 Å². The predicted octanol–water partition coefficient (Wildman–Crippen LogP) is 1.39. The number of carbonyl (C=O) groups is 1. The maximum absolute atomic E-state index is 11.0. The zero-order chi connectivity index (χ0) is 13.0. The van der Waals surface area contributed by atoms with Crippen LogP contribution in [0.5, 0.6) is 0 Å². The Balaban J connectivity index is 3.20. The van der Waals surface area contributed by atoms with E-state index in [9.17, 15) is 4.79 Å². The Morgan fingerprint density at radius 2 is 2.12 bits per heavy atom. The van der Waals surface area contributed by atoms with Gasteiger partial charge in [-0.3, -0.25) is 4.79 Å². The van der Waals surface area contributed by atoms with E-state index in [1.54, 1.807) is 0 Å². The van der Waals surface area contributed by atoms with Gasteiger partial charge in [0, 0.05) is 22.3 Å². The molecule has 0 atom stereocenters. The van der Waals surface area contributed by atoms with Crippen LogP contribution in [0.2, 0.25) is 0 Å². The van der Waals surface area contributed by atoms with Crippen LogP contribution in [0.4, 0.5) is 5.69 Å². The molecule has 0 aliphatic rings. The fraction of sp³-hybridized carbons (Fsp3) is 0.273. The van der Waals surface area contributed by atoms with E-state index in [1.807, 2.05) is 30.0 Å². The number of carbonyl (C=O) groups excluding carboxylic acids is 1. The molecule has 1 aromatic carbocycles. The van der Waals surface area contributed by atoms with Gasteiger partial charge in [-0.15, -0.1) is 0 Å². The molecule has 17 heavy (non-hydrogen) atoms. The number of benzene rings is 1. The fourth-order valence-corrected chi connectivity index (χ4v) is 2.05. The van der Waals surface area contributed by atoms with Crippen LogP contribution in [0, 0.1) is 0 Å². The molecule has 0 aliphatic heterocycles. The molecule has 4 N–H and O–H groups in total. The number of hydrogen-bond donors (Lipinski definition) is 2. The zero-order valence-corrected chi connectivity index (χ0v) is 11.8. The van der Waals surface area contributed by atoms with Crippen LogP contribution in [0.3, 0.4) is 0 Å². The quantitative estimate of drug-likeness (QED) is 0.806. The van der Waals surface area contributed by atoms with E-state index in [-0.39, 0.29) is 12.5 Å². The summed E-state index contributed by atoms with van der Waals surface area (Å²) in [7, 11) is 0. The highest BCUT2D eigenvalue weighted by molar-refractivity contribution is 9.10. The summed E-state index contributed by atoms with van der Waals surface area (Å²) in [5, 5.41) is 0. The molecule has 0 aliphatic carbocycles. The fourth-order valence-electron chi connectivity index (χ4n) is 1.53. The summed E-state index contributed by atoms with van der Waals surface area (Å²) < 4.78 is 0.899. The van der Waals surface area contributed by atoms with E-state index in [1.165, 1.54) is 0 Å². The van der Waals surface area contributed by atoms with E-state index in [0.717, 1.165) is 15.7 Å². The normalized spacial score (nSPS) is 10.0. The minimum Gasteiger partial charge on any atom is -0.389 e. The average Bonchev–Trinajstić information content (AvgIpc) is 2.25. The Kier molecular flexibility index (Phi) is 4.89. The monoisotopic (exact) mass is 315 g/mol. The first kappa shape index (κ1) is 13.9. The first-order valence-corrected chi connectivity index (χ1v) is 6.28. The second-order valence-electron chi connectivity index (χ2n) is 3.51. The van der Waals surface area contributed by atoms with Crippen LogP contribution in [0.15, 0.2) is 22.7 Å². The number of hydrogen-bond acceptors (Lipinski definition) is 3. The summed E-state index contributed by atoms with van der Waals surface area (Å²) in [6.45, 7) is 2.73. The molecule has 1 aromatic rings. The van der Waals surface area contributed by atoms with E-state index < -0.39 is 0 Å². The van der Waals surface area contributed by atoms with Crippen molar-refractivity contribution in [3.63, 3.8) is 0 Å². The SMILES string of the molecule is CCN(CC(N)=O)c1cc(Br)ccc1C(N)=S. The Morgan fingerprint density at radius 3 is 2.59 bits per heavy atom. The molecule has 1 amide bonds. The second kappa shape index (κ2) is 5.97. The van der Waals surface area contributed by atoms with E-state index in [4.69, 9.17) is 23.7 Å². The largest absolute Gasteiger partial charge is 0.389 e. The number of likely N-dealkylation sites (N-methyl/N-ethyl adjacent to an activating group) is 1. The van der Waals surface area contributed by atoms with Crippen molar-refractivity contribution in [2.24, 2.45) is 11.5 Å². The zero-order valence-electron chi connectivity index (χ0n) is 9.44. The van der Waals surface area contributed by atoms with E-state index in [2.05, 4.69) is 15.9 Å². The summed E-state index contributed by atoms with van der Waals surface area (Å²) in [6, 6.07) is 5.56. The lowest BCUT2D eigenvalue weighted by molar-refractivity contribution is -0.116. The molecule has 0 heterocycles. The molecular weight excluding hydrogens is 302 g/mol. The van der Waals surface area contributed by atoms with Gasteiger partial charge in [-0.05, 0) is 25.1 Å². The number of amides is 1. The van der Waals surface area contributed by atoms with Gasteiger partial charge in [0.25, 0.3) is 0 Å². The van der Waals surface area contributed by atoms with Crippen molar-refractivity contribution in [1.29, 1.82) is 0 Å². The minimum atomic E-state index is -0.388. The predicted molar refractivity (Wildman–Crippen MR) is 77.1 cm³/mol. The molecule has 0 radical (unpaired) electrons. The van der Waals surface area contributed by atoms with Crippen LogP contribution in [0.1, 0.15) is 12.5 Å². The van der Waals surface area contributed by atoms with Gasteiger partial charge in [0.05, 0.1) is 6.54 Å². The summed E-state index contributed by atoms with van der Waals surface area (Å²) >= 11 is 8.38. The van der Waals surface area contributed by atoms with Crippen molar-refractivity contribution < 1.29 is 4.79 Å². The minimum absolute atomic E-state index is 0.141. The summed E-state index contributed by atoms with van der Waals surface area (Å²) in [4.78, 5) is 13.1. The van der Waals surface area contributed by atoms with E-state index in [0.29, 0.717) is 11.5 Å².